The Balaban J connectivity index is 1.93. The molecule has 148 valence electrons. The predicted octanol–water partition coefficient (Wildman–Crippen LogP) is 5.70. The molecular formula is C23H20FNO4. The molecule has 0 aliphatic rings. The van der Waals surface area contributed by atoms with Crippen LogP contribution in [0, 0.1) is 13.8 Å². The van der Waals surface area contributed by atoms with E-state index in [1.54, 1.807) is 12.1 Å². The van der Waals surface area contributed by atoms with Crippen LogP contribution in [0.3, 0.4) is 0 Å². The molecule has 29 heavy (non-hydrogen) atoms. The molecule has 0 aliphatic heterocycles. The molecule has 4 aromatic rings. The van der Waals surface area contributed by atoms with Gasteiger partial charge >= 0.3 is 5.97 Å². The Kier molecular flexibility index (Phi) is 4.70. The molecule has 2 aromatic carbocycles. The van der Waals surface area contributed by atoms with Gasteiger partial charge in [-0.1, -0.05) is 18.2 Å². The SMILES string of the molecule is Cc1c(-c2cc(C(=O)O)c3cc(OCC(C)F)cc(C)c3n2)oc2ccccc12. The molecule has 0 saturated heterocycles. The van der Waals surface area contributed by atoms with E-state index >= 15 is 0 Å². The van der Waals surface area contributed by atoms with Gasteiger partial charge in [0.1, 0.15) is 29.8 Å². The van der Waals surface area contributed by atoms with Crippen LogP contribution >= 0.6 is 0 Å². The number of para-hydroxylation sites is 1. The van der Waals surface area contributed by atoms with Gasteiger partial charge in [0.25, 0.3) is 0 Å². The molecule has 4 rings (SSSR count). The Morgan fingerprint density at radius 1 is 1.21 bits per heavy atom. The molecule has 0 radical (unpaired) electrons. The first-order valence-electron chi connectivity index (χ1n) is 9.29. The average Bonchev–Trinajstić information content (AvgIpc) is 3.02. The van der Waals surface area contributed by atoms with Gasteiger partial charge in [0.05, 0.1) is 11.1 Å². The number of hydrogen-bond donors (Lipinski definition) is 1. The molecule has 1 atom stereocenters. The summed E-state index contributed by atoms with van der Waals surface area (Å²) in [4.78, 5) is 16.7. The first-order valence-corrected chi connectivity index (χ1v) is 9.29. The van der Waals surface area contributed by atoms with Crippen molar-refractivity contribution in [2.24, 2.45) is 0 Å². The Labute approximate surface area is 166 Å². The third-order valence-corrected chi connectivity index (χ3v) is 4.86. The Hall–Kier alpha value is -3.41. The fourth-order valence-electron chi connectivity index (χ4n) is 3.47. The summed E-state index contributed by atoms with van der Waals surface area (Å²) in [5.74, 6) is -0.124. The van der Waals surface area contributed by atoms with Crippen molar-refractivity contribution < 1.29 is 23.4 Å². The number of fused-ring (bicyclic) bond motifs is 2. The van der Waals surface area contributed by atoms with Crippen LogP contribution in [0.2, 0.25) is 0 Å². The highest BCUT2D eigenvalue weighted by Gasteiger charge is 2.20. The van der Waals surface area contributed by atoms with E-state index in [4.69, 9.17) is 14.1 Å². The number of furan rings is 1. The topological polar surface area (TPSA) is 72.6 Å². The van der Waals surface area contributed by atoms with E-state index in [0.717, 1.165) is 22.1 Å². The summed E-state index contributed by atoms with van der Waals surface area (Å²) >= 11 is 0. The third-order valence-electron chi connectivity index (χ3n) is 4.86. The van der Waals surface area contributed by atoms with E-state index in [1.165, 1.54) is 13.0 Å². The number of pyridine rings is 1. The van der Waals surface area contributed by atoms with E-state index < -0.39 is 12.1 Å². The molecule has 2 aromatic heterocycles. The van der Waals surface area contributed by atoms with Gasteiger partial charge in [-0.15, -0.1) is 0 Å². The normalized spacial score (nSPS) is 12.4. The summed E-state index contributed by atoms with van der Waals surface area (Å²) in [6, 6.07) is 12.5. The molecule has 6 heteroatoms. The lowest BCUT2D eigenvalue weighted by Gasteiger charge is -2.12. The Bertz CT molecular complexity index is 1240. The molecule has 1 N–H and O–H groups in total. The zero-order chi connectivity index (χ0) is 20.7. The smallest absolute Gasteiger partial charge is 0.336 e. The van der Waals surface area contributed by atoms with Crippen LogP contribution in [-0.4, -0.2) is 28.8 Å². The van der Waals surface area contributed by atoms with Crippen molar-refractivity contribution in [3.05, 3.63) is 59.2 Å². The summed E-state index contributed by atoms with van der Waals surface area (Å²) in [5, 5.41) is 11.2. The van der Waals surface area contributed by atoms with Crippen LogP contribution < -0.4 is 4.74 Å². The molecule has 0 amide bonds. The van der Waals surface area contributed by atoms with Crippen molar-refractivity contribution in [1.29, 1.82) is 0 Å². The molecule has 0 fully saturated rings. The standard InChI is InChI=1S/C23H20FNO4/c1-12-8-15(28-11-13(2)24)9-17-18(23(26)27)10-19(25-21(12)17)22-14(3)16-6-4-5-7-20(16)29-22/h4-10,13H,11H2,1-3H3,(H,26,27). The molecule has 0 bridgehead atoms. The van der Waals surface area contributed by atoms with Gasteiger partial charge in [-0.25, -0.2) is 14.2 Å². The highest BCUT2D eigenvalue weighted by atomic mass is 19.1. The van der Waals surface area contributed by atoms with E-state index in [-0.39, 0.29) is 12.2 Å². The van der Waals surface area contributed by atoms with E-state index in [1.807, 2.05) is 38.1 Å². The highest BCUT2D eigenvalue weighted by molar-refractivity contribution is 6.05. The predicted molar refractivity (Wildman–Crippen MR) is 109 cm³/mol. The van der Waals surface area contributed by atoms with Gasteiger partial charge < -0.3 is 14.3 Å². The van der Waals surface area contributed by atoms with E-state index in [9.17, 15) is 14.3 Å². The first kappa shape index (κ1) is 18.9. The summed E-state index contributed by atoms with van der Waals surface area (Å²) in [6.45, 7) is 5.05. The number of carbonyl (C=O) groups is 1. The van der Waals surface area contributed by atoms with Crippen LogP contribution in [0.4, 0.5) is 4.39 Å². The maximum atomic E-state index is 13.1. The first-order chi connectivity index (χ1) is 13.8. The minimum absolute atomic E-state index is 0.0895. The molecule has 0 spiro atoms. The zero-order valence-corrected chi connectivity index (χ0v) is 16.3. The number of carboxylic acids is 1. The fourth-order valence-corrected chi connectivity index (χ4v) is 3.47. The van der Waals surface area contributed by atoms with Crippen molar-refractivity contribution in [2.75, 3.05) is 6.61 Å². The number of ether oxygens (including phenoxy) is 1. The van der Waals surface area contributed by atoms with Gasteiger partial charge in [-0.05, 0) is 50.6 Å². The lowest BCUT2D eigenvalue weighted by Crippen LogP contribution is -2.09. The quantitative estimate of drug-likeness (QED) is 0.471. The second kappa shape index (κ2) is 7.20. The summed E-state index contributed by atoms with van der Waals surface area (Å²) in [5.41, 5.74) is 3.45. The van der Waals surface area contributed by atoms with Crippen molar-refractivity contribution in [2.45, 2.75) is 26.9 Å². The fraction of sp³-hybridized carbons (Fsp3) is 0.217. The number of aromatic carboxylic acids is 1. The minimum atomic E-state index is -1.12. The molecule has 1 unspecified atom stereocenters. The summed E-state index contributed by atoms with van der Waals surface area (Å²) in [6.07, 6.45) is -1.12. The molecule has 0 aliphatic carbocycles. The van der Waals surface area contributed by atoms with E-state index in [0.29, 0.717) is 28.1 Å². The summed E-state index contributed by atoms with van der Waals surface area (Å²) < 4.78 is 24.6. The maximum absolute atomic E-state index is 13.1. The van der Waals surface area contributed by atoms with Crippen molar-refractivity contribution in [3.63, 3.8) is 0 Å². The van der Waals surface area contributed by atoms with Crippen molar-refractivity contribution in [1.82, 2.24) is 4.98 Å². The Morgan fingerprint density at radius 2 is 1.97 bits per heavy atom. The second-order valence-electron chi connectivity index (χ2n) is 7.14. The van der Waals surface area contributed by atoms with Gasteiger partial charge in [-0.2, -0.15) is 0 Å². The minimum Gasteiger partial charge on any atom is -0.491 e. The van der Waals surface area contributed by atoms with E-state index in [2.05, 4.69) is 0 Å². The number of nitrogens with zero attached hydrogens (tertiary/aromatic N) is 1. The number of halogens is 1. The number of benzene rings is 2. The molecule has 5 nitrogen and oxygen atoms in total. The van der Waals surface area contributed by atoms with Gasteiger partial charge in [0, 0.05) is 16.3 Å². The lowest BCUT2D eigenvalue weighted by atomic mass is 10.0. The second-order valence-corrected chi connectivity index (χ2v) is 7.14. The van der Waals surface area contributed by atoms with Gasteiger partial charge in [0.15, 0.2) is 5.76 Å². The molecular weight excluding hydrogens is 373 g/mol. The molecule has 0 saturated carbocycles. The van der Waals surface area contributed by atoms with Crippen molar-refractivity contribution >= 4 is 27.8 Å². The van der Waals surface area contributed by atoms with Crippen LogP contribution in [0.5, 0.6) is 5.75 Å². The average molecular weight is 393 g/mol. The van der Waals surface area contributed by atoms with Crippen LogP contribution in [0.1, 0.15) is 28.4 Å². The summed E-state index contributed by atoms with van der Waals surface area (Å²) in [7, 11) is 0. The third kappa shape index (κ3) is 3.42. The zero-order valence-electron chi connectivity index (χ0n) is 16.3. The number of aryl methyl sites for hydroxylation is 2. The van der Waals surface area contributed by atoms with Crippen molar-refractivity contribution in [3.8, 4) is 17.2 Å². The monoisotopic (exact) mass is 393 g/mol. The highest BCUT2D eigenvalue weighted by Crippen LogP contribution is 2.35. The number of carboxylic acid groups (broad SMARTS) is 1. The van der Waals surface area contributed by atoms with Gasteiger partial charge in [0.2, 0.25) is 0 Å². The lowest BCUT2D eigenvalue weighted by molar-refractivity contribution is 0.0699. The number of aromatic nitrogens is 1. The van der Waals surface area contributed by atoms with Crippen LogP contribution in [0.25, 0.3) is 33.3 Å². The largest absolute Gasteiger partial charge is 0.491 e. The van der Waals surface area contributed by atoms with Crippen LogP contribution in [-0.2, 0) is 0 Å². The number of alkyl halides is 1. The maximum Gasteiger partial charge on any atom is 0.336 e. The van der Waals surface area contributed by atoms with Crippen LogP contribution in [0.15, 0.2) is 46.9 Å². The Morgan fingerprint density at radius 3 is 2.66 bits per heavy atom. The molecule has 2 heterocycles. The number of hydrogen-bond acceptors (Lipinski definition) is 4. The number of rotatable bonds is 5. The van der Waals surface area contributed by atoms with Gasteiger partial charge in [-0.3, -0.25) is 0 Å².